The van der Waals surface area contributed by atoms with Crippen LogP contribution < -0.4 is 5.73 Å². The summed E-state index contributed by atoms with van der Waals surface area (Å²) in [4.78, 5) is 0. The molecule has 2 aromatic carbocycles. The molecule has 0 amide bonds. The van der Waals surface area contributed by atoms with Gasteiger partial charge < -0.3 is 5.73 Å². The number of halogens is 2. The Morgan fingerprint density at radius 3 is 2.53 bits per heavy atom. The molecule has 1 nitrogen and oxygen atoms in total. The van der Waals surface area contributed by atoms with Crippen molar-refractivity contribution in [3.8, 4) is 0 Å². The summed E-state index contributed by atoms with van der Waals surface area (Å²) in [6.07, 6.45) is 1.60. The van der Waals surface area contributed by atoms with Gasteiger partial charge in [-0.05, 0) is 49.1 Å². The van der Waals surface area contributed by atoms with Gasteiger partial charge in [0, 0.05) is 11.1 Å². The smallest absolute Gasteiger partial charge is 0.123 e. The Kier molecular flexibility index (Phi) is 4.56. The van der Waals surface area contributed by atoms with Gasteiger partial charge in [0.05, 0.1) is 0 Å². The Labute approximate surface area is 118 Å². The monoisotopic (exact) mass is 277 g/mol. The van der Waals surface area contributed by atoms with Crippen LogP contribution in [0.4, 0.5) is 4.39 Å². The molecule has 0 aromatic heterocycles. The topological polar surface area (TPSA) is 26.0 Å². The van der Waals surface area contributed by atoms with E-state index in [2.05, 4.69) is 31.2 Å². The van der Waals surface area contributed by atoms with Crippen molar-refractivity contribution in [2.75, 3.05) is 0 Å². The molecule has 0 aliphatic heterocycles. The van der Waals surface area contributed by atoms with E-state index < -0.39 is 0 Å². The van der Waals surface area contributed by atoms with Crippen molar-refractivity contribution in [1.82, 2.24) is 0 Å². The van der Waals surface area contributed by atoms with Crippen LogP contribution in [0, 0.1) is 12.7 Å². The Morgan fingerprint density at radius 2 is 1.84 bits per heavy atom. The third-order valence-corrected chi connectivity index (χ3v) is 3.57. The van der Waals surface area contributed by atoms with Gasteiger partial charge in [0.1, 0.15) is 5.82 Å². The zero-order valence-electron chi connectivity index (χ0n) is 10.9. The fourth-order valence-electron chi connectivity index (χ4n) is 2.03. The van der Waals surface area contributed by atoms with Crippen molar-refractivity contribution in [1.29, 1.82) is 0 Å². The first-order chi connectivity index (χ1) is 9.06. The average Bonchev–Trinajstić information content (AvgIpc) is 2.40. The van der Waals surface area contributed by atoms with Crippen molar-refractivity contribution < 1.29 is 4.39 Å². The molecule has 0 saturated carbocycles. The lowest BCUT2D eigenvalue weighted by atomic mass is 9.99. The van der Waals surface area contributed by atoms with Crippen LogP contribution in [-0.4, -0.2) is 0 Å². The van der Waals surface area contributed by atoms with Gasteiger partial charge in [0.2, 0.25) is 0 Å². The summed E-state index contributed by atoms with van der Waals surface area (Å²) in [6, 6.07) is 12.4. The molecular weight excluding hydrogens is 261 g/mol. The summed E-state index contributed by atoms with van der Waals surface area (Å²) < 4.78 is 13.2. The molecule has 3 heteroatoms. The summed E-state index contributed by atoms with van der Waals surface area (Å²) >= 11 is 6.05. The molecule has 0 fully saturated rings. The molecule has 100 valence electrons. The van der Waals surface area contributed by atoms with Crippen LogP contribution >= 0.6 is 11.6 Å². The first kappa shape index (κ1) is 14.0. The SMILES string of the molecule is Cc1ccc(CCC(N)c2cc(F)ccc2Cl)cc1. The summed E-state index contributed by atoms with van der Waals surface area (Å²) in [5.74, 6) is -0.301. The van der Waals surface area contributed by atoms with Crippen LogP contribution in [-0.2, 0) is 6.42 Å². The lowest BCUT2D eigenvalue weighted by molar-refractivity contribution is 0.609. The average molecular weight is 278 g/mol. The highest BCUT2D eigenvalue weighted by molar-refractivity contribution is 6.31. The number of rotatable bonds is 4. The largest absolute Gasteiger partial charge is 0.324 e. The molecule has 2 N–H and O–H groups in total. The van der Waals surface area contributed by atoms with Crippen LogP contribution in [0.5, 0.6) is 0 Å². The van der Waals surface area contributed by atoms with E-state index in [4.69, 9.17) is 17.3 Å². The molecule has 0 spiro atoms. The van der Waals surface area contributed by atoms with Crippen LogP contribution in [0.15, 0.2) is 42.5 Å². The van der Waals surface area contributed by atoms with Gasteiger partial charge in [0.15, 0.2) is 0 Å². The van der Waals surface area contributed by atoms with Gasteiger partial charge in [-0.15, -0.1) is 0 Å². The molecule has 0 heterocycles. The fraction of sp³-hybridized carbons (Fsp3) is 0.250. The maximum Gasteiger partial charge on any atom is 0.123 e. The number of nitrogens with two attached hydrogens (primary N) is 1. The van der Waals surface area contributed by atoms with E-state index in [1.54, 1.807) is 6.07 Å². The molecule has 1 atom stereocenters. The normalized spacial score (nSPS) is 12.4. The minimum Gasteiger partial charge on any atom is -0.324 e. The van der Waals surface area contributed by atoms with E-state index in [0.717, 1.165) is 12.8 Å². The maximum atomic E-state index is 13.2. The minimum absolute atomic E-state index is 0.246. The molecule has 0 bridgehead atoms. The van der Waals surface area contributed by atoms with Crippen molar-refractivity contribution in [2.45, 2.75) is 25.8 Å². The van der Waals surface area contributed by atoms with Crippen LogP contribution in [0.1, 0.15) is 29.2 Å². The van der Waals surface area contributed by atoms with E-state index >= 15 is 0 Å². The minimum atomic E-state index is -0.301. The Bertz CT molecular complexity index is 551. The quantitative estimate of drug-likeness (QED) is 0.879. The number of hydrogen-bond acceptors (Lipinski definition) is 1. The van der Waals surface area contributed by atoms with E-state index in [-0.39, 0.29) is 11.9 Å². The first-order valence-electron chi connectivity index (χ1n) is 6.32. The predicted molar refractivity (Wildman–Crippen MR) is 77.8 cm³/mol. The standard InChI is InChI=1S/C16H17ClFN/c1-11-2-4-12(5-3-11)6-9-16(19)14-10-13(18)7-8-15(14)17/h2-5,7-8,10,16H,6,9,19H2,1H3. The Morgan fingerprint density at radius 1 is 1.16 bits per heavy atom. The summed E-state index contributed by atoms with van der Waals surface area (Å²) in [7, 11) is 0. The Balaban J connectivity index is 2.03. The molecule has 0 radical (unpaired) electrons. The number of hydrogen-bond donors (Lipinski definition) is 1. The van der Waals surface area contributed by atoms with E-state index in [1.165, 1.54) is 23.3 Å². The van der Waals surface area contributed by atoms with Crippen LogP contribution in [0.2, 0.25) is 5.02 Å². The summed E-state index contributed by atoms with van der Waals surface area (Å²) in [5.41, 5.74) is 9.23. The molecule has 1 unspecified atom stereocenters. The Hall–Kier alpha value is -1.38. The molecule has 0 saturated heterocycles. The zero-order valence-corrected chi connectivity index (χ0v) is 11.6. The zero-order chi connectivity index (χ0) is 13.8. The number of benzene rings is 2. The molecule has 2 rings (SSSR count). The summed E-state index contributed by atoms with van der Waals surface area (Å²) in [6.45, 7) is 2.06. The third kappa shape index (κ3) is 3.79. The van der Waals surface area contributed by atoms with Gasteiger partial charge in [-0.3, -0.25) is 0 Å². The van der Waals surface area contributed by atoms with E-state index in [1.807, 2.05) is 0 Å². The van der Waals surface area contributed by atoms with Gasteiger partial charge in [0.25, 0.3) is 0 Å². The van der Waals surface area contributed by atoms with Crippen LogP contribution in [0.25, 0.3) is 0 Å². The fourth-order valence-corrected chi connectivity index (χ4v) is 2.29. The highest BCUT2D eigenvalue weighted by Crippen LogP contribution is 2.25. The van der Waals surface area contributed by atoms with Crippen molar-refractivity contribution in [2.24, 2.45) is 5.73 Å². The first-order valence-corrected chi connectivity index (χ1v) is 6.70. The number of aryl methyl sites for hydroxylation is 2. The second-order valence-electron chi connectivity index (χ2n) is 4.80. The van der Waals surface area contributed by atoms with Gasteiger partial charge >= 0.3 is 0 Å². The molecule has 0 aliphatic rings. The molecular formula is C16H17ClFN. The predicted octanol–water partition coefficient (Wildman–Crippen LogP) is 4.42. The molecule has 19 heavy (non-hydrogen) atoms. The van der Waals surface area contributed by atoms with Crippen LogP contribution in [0.3, 0.4) is 0 Å². The van der Waals surface area contributed by atoms with Gasteiger partial charge in [-0.1, -0.05) is 41.4 Å². The lowest BCUT2D eigenvalue weighted by Crippen LogP contribution is -2.12. The van der Waals surface area contributed by atoms with Crippen molar-refractivity contribution >= 4 is 11.6 Å². The highest BCUT2D eigenvalue weighted by Gasteiger charge is 2.11. The van der Waals surface area contributed by atoms with Crippen molar-refractivity contribution in [3.63, 3.8) is 0 Å². The third-order valence-electron chi connectivity index (χ3n) is 3.22. The van der Waals surface area contributed by atoms with E-state index in [0.29, 0.717) is 10.6 Å². The van der Waals surface area contributed by atoms with Gasteiger partial charge in [-0.25, -0.2) is 4.39 Å². The lowest BCUT2D eigenvalue weighted by Gasteiger charge is -2.14. The second kappa shape index (κ2) is 6.18. The highest BCUT2D eigenvalue weighted by atomic mass is 35.5. The van der Waals surface area contributed by atoms with Crippen molar-refractivity contribution in [3.05, 3.63) is 70.0 Å². The van der Waals surface area contributed by atoms with Gasteiger partial charge in [-0.2, -0.15) is 0 Å². The van der Waals surface area contributed by atoms with E-state index in [9.17, 15) is 4.39 Å². The molecule has 2 aromatic rings. The second-order valence-corrected chi connectivity index (χ2v) is 5.20. The maximum absolute atomic E-state index is 13.2. The summed E-state index contributed by atoms with van der Waals surface area (Å²) in [5, 5.41) is 0.526. The molecule has 0 aliphatic carbocycles.